The molecule has 1 aliphatic heterocycles. The minimum atomic E-state index is 0.129. The topological polar surface area (TPSA) is 24.5 Å². The van der Waals surface area contributed by atoms with Crippen LogP contribution >= 0.6 is 0 Å². The van der Waals surface area contributed by atoms with E-state index >= 15 is 0 Å². The molecule has 1 N–H and O–H groups in total. The molecule has 0 bridgehead atoms. The Morgan fingerprint density at radius 2 is 2.18 bits per heavy atom. The van der Waals surface area contributed by atoms with Crippen LogP contribution in [0.4, 0.5) is 5.69 Å². The van der Waals surface area contributed by atoms with Crippen molar-refractivity contribution in [3.63, 3.8) is 0 Å². The predicted octanol–water partition coefficient (Wildman–Crippen LogP) is 2.27. The fourth-order valence-corrected chi connectivity index (χ4v) is 2.72. The maximum atomic E-state index is 5.31. The first-order valence-corrected chi connectivity index (χ1v) is 6.19. The van der Waals surface area contributed by atoms with Crippen LogP contribution in [0.1, 0.15) is 20.8 Å². The SMILES string of the molecule is COc1cccc(N2C(C)CNCC2(C)C)c1. The molecule has 3 heteroatoms. The molecule has 0 amide bonds. The molecular weight excluding hydrogens is 212 g/mol. The van der Waals surface area contributed by atoms with E-state index in [4.69, 9.17) is 4.74 Å². The number of nitrogens with zero attached hydrogens (tertiary/aromatic N) is 1. The van der Waals surface area contributed by atoms with E-state index in [-0.39, 0.29) is 5.54 Å². The number of hydrogen-bond acceptors (Lipinski definition) is 3. The molecule has 1 aromatic carbocycles. The summed E-state index contributed by atoms with van der Waals surface area (Å²) in [4.78, 5) is 2.48. The summed E-state index contributed by atoms with van der Waals surface area (Å²) in [6.07, 6.45) is 0. The average Bonchev–Trinajstić information content (AvgIpc) is 2.28. The molecule has 0 radical (unpaired) electrons. The Hall–Kier alpha value is -1.22. The lowest BCUT2D eigenvalue weighted by Crippen LogP contribution is -2.62. The van der Waals surface area contributed by atoms with E-state index in [0.29, 0.717) is 6.04 Å². The first-order valence-electron chi connectivity index (χ1n) is 6.19. The van der Waals surface area contributed by atoms with Crippen LogP contribution in [-0.2, 0) is 0 Å². The van der Waals surface area contributed by atoms with Gasteiger partial charge in [-0.05, 0) is 32.9 Å². The summed E-state index contributed by atoms with van der Waals surface area (Å²) in [6.45, 7) is 8.84. The number of nitrogens with one attached hydrogen (secondary N) is 1. The number of anilines is 1. The zero-order valence-corrected chi connectivity index (χ0v) is 11.2. The lowest BCUT2D eigenvalue weighted by Gasteiger charge is -2.48. The number of methoxy groups -OCH3 is 1. The summed E-state index contributed by atoms with van der Waals surface area (Å²) >= 11 is 0. The largest absolute Gasteiger partial charge is 0.497 e. The minimum absolute atomic E-state index is 0.129. The van der Waals surface area contributed by atoms with Gasteiger partial charge in [0.2, 0.25) is 0 Å². The van der Waals surface area contributed by atoms with E-state index in [0.717, 1.165) is 18.8 Å². The average molecular weight is 234 g/mol. The molecular formula is C14H22N2O. The summed E-state index contributed by atoms with van der Waals surface area (Å²) in [5, 5.41) is 3.48. The molecule has 0 spiro atoms. The molecule has 2 rings (SSSR count). The van der Waals surface area contributed by atoms with E-state index in [1.165, 1.54) is 5.69 Å². The molecule has 94 valence electrons. The van der Waals surface area contributed by atoms with Gasteiger partial charge in [0.25, 0.3) is 0 Å². The van der Waals surface area contributed by atoms with Gasteiger partial charge in [-0.15, -0.1) is 0 Å². The third kappa shape index (κ3) is 2.39. The van der Waals surface area contributed by atoms with Crippen molar-refractivity contribution < 1.29 is 4.74 Å². The second kappa shape index (κ2) is 4.57. The van der Waals surface area contributed by atoms with Crippen molar-refractivity contribution in [1.29, 1.82) is 0 Å². The molecule has 1 saturated heterocycles. The van der Waals surface area contributed by atoms with Crippen LogP contribution in [-0.4, -0.2) is 31.8 Å². The first kappa shape index (κ1) is 12.2. The Balaban J connectivity index is 2.35. The van der Waals surface area contributed by atoms with Gasteiger partial charge in [-0.1, -0.05) is 6.07 Å². The molecule has 17 heavy (non-hydrogen) atoms. The standard InChI is InChI=1S/C14H22N2O/c1-11-9-15-10-14(2,3)16(11)12-6-5-7-13(8-12)17-4/h5-8,11,15H,9-10H2,1-4H3. The second-order valence-corrected chi connectivity index (χ2v) is 5.36. The molecule has 3 nitrogen and oxygen atoms in total. The van der Waals surface area contributed by atoms with E-state index < -0.39 is 0 Å². The van der Waals surface area contributed by atoms with Crippen molar-refractivity contribution in [2.24, 2.45) is 0 Å². The van der Waals surface area contributed by atoms with Crippen LogP contribution in [0.25, 0.3) is 0 Å². The van der Waals surface area contributed by atoms with Crippen LogP contribution in [0.5, 0.6) is 5.75 Å². The Bertz CT molecular complexity index is 390. The van der Waals surface area contributed by atoms with Crippen molar-refractivity contribution in [2.45, 2.75) is 32.4 Å². The Kier molecular flexibility index (Phi) is 3.29. The quantitative estimate of drug-likeness (QED) is 0.849. The summed E-state index contributed by atoms with van der Waals surface area (Å²) in [5.74, 6) is 0.920. The maximum absolute atomic E-state index is 5.31. The van der Waals surface area contributed by atoms with E-state index in [9.17, 15) is 0 Å². The fourth-order valence-electron chi connectivity index (χ4n) is 2.72. The van der Waals surface area contributed by atoms with Crippen molar-refractivity contribution in [3.8, 4) is 5.75 Å². The molecule has 1 aromatic rings. The molecule has 1 heterocycles. The molecule has 0 saturated carbocycles. The summed E-state index contributed by atoms with van der Waals surface area (Å²) in [6, 6.07) is 8.81. The van der Waals surface area contributed by atoms with Crippen LogP contribution in [0.2, 0.25) is 0 Å². The molecule has 1 atom stereocenters. The van der Waals surface area contributed by atoms with Gasteiger partial charge in [0.1, 0.15) is 5.75 Å². The second-order valence-electron chi connectivity index (χ2n) is 5.36. The molecule has 1 aliphatic rings. The van der Waals surface area contributed by atoms with Crippen LogP contribution < -0.4 is 15.0 Å². The highest BCUT2D eigenvalue weighted by molar-refractivity contribution is 5.54. The number of piperazine rings is 1. The highest BCUT2D eigenvalue weighted by Crippen LogP contribution is 2.30. The summed E-state index contributed by atoms with van der Waals surface area (Å²) in [5.41, 5.74) is 1.37. The van der Waals surface area contributed by atoms with E-state index in [1.54, 1.807) is 7.11 Å². The number of rotatable bonds is 2. The van der Waals surface area contributed by atoms with Gasteiger partial charge in [0.05, 0.1) is 7.11 Å². The van der Waals surface area contributed by atoms with Crippen LogP contribution in [0.3, 0.4) is 0 Å². The fraction of sp³-hybridized carbons (Fsp3) is 0.571. The van der Waals surface area contributed by atoms with E-state index in [1.807, 2.05) is 6.07 Å². The normalized spacial score (nSPS) is 23.5. The highest BCUT2D eigenvalue weighted by Gasteiger charge is 2.34. The van der Waals surface area contributed by atoms with Crippen LogP contribution in [0, 0.1) is 0 Å². The highest BCUT2D eigenvalue weighted by atomic mass is 16.5. The predicted molar refractivity (Wildman–Crippen MR) is 71.9 cm³/mol. The Morgan fingerprint density at radius 3 is 2.82 bits per heavy atom. The third-order valence-electron chi connectivity index (χ3n) is 3.42. The smallest absolute Gasteiger partial charge is 0.120 e. The van der Waals surface area contributed by atoms with Crippen LogP contribution in [0.15, 0.2) is 24.3 Å². The first-order chi connectivity index (χ1) is 8.04. The molecule has 1 unspecified atom stereocenters. The van der Waals surface area contributed by atoms with E-state index in [2.05, 4.69) is 49.2 Å². The number of benzene rings is 1. The third-order valence-corrected chi connectivity index (χ3v) is 3.42. The van der Waals surface area contributed by atoms with Crippen molar-refractivity contribution in [1.82, 2.24) is 5.32 Å². The lowest BCUT2D eigenvalue weighted by molar-refractivity contribution is 0.333. The van der Waals surface area contributed by atoms with Gasteiger partial charge in [-0.2, -0.15) is 0 Å². The Morgan fingerprint density at radius 1 is 1.41 bits per heavy atom. The summed E-state index contributed by atoms with van der Waals surface area (Å²) in [7, 11) is 1.71. The van der Waals surface area contributed by atoms with Gasteiger partial charge in [-0.25, -0.2) is 0 Å². The summed E-state index contributed by atoms with van der Waals surface area (Å²) < 4.78 is 5.31. The molecule has 0 aliphatic carbocycles. The number of hydrogen-bond donors (Lipinski definition) is 1. The van der Waals surface area contributed by atoms with Gasteiger partial charge in [-0.3, -0.25) is 0 Å². The van der Waals surface area contributed by atoms with Gasteiger partial charge in [0.15, 0.2) is 0 Å². The van der Waals surface area contributed by atoms with Crippen molar-refractivity contribution in [2.75, 3.05) is 25.1 Å². The monoisotopic (exact) mass is 234 g/mol. The van der Waals surface area contributed by atoms with Gasteiger partial charge in [0, 0.05) is 36.4 Å². The van der Waals surface area contributed by atoms with Crippen molar-refractivity contribution >= 4 is 5.69 Å². The molecule has 0 aromatic heterocycles. The van der Waals surface area contributed by atoms with Gasteiger partial charge >= 0.3 is 0 Å². The minimum Gasteiger partial charge on any atom is -0.497 e. The van der Waals surface area contributed by atoms with Crippen molar-refractivity contribution in [3.05, 3.63) is 24.3 Å². The number of ether oxygens (including phenoxy) is 1. The lowest BCUT2D eigenvalue weighted by atomic mass is 9.95. The van der Waals surface area contributed by atoms with Gasteiger partial charge < -0.3 is 15.0 Å². The zero-order valence-electron chi connectivity index (χ0n) is 11.2. The zero-order chi connectivity index (χ0) is 12.5. The molecule has 1 fully saturated rings. The maximum Gasteiger partial charge on any atom is 0.120 e. The Labute approximate surface area is 104 Å².